The summed E-state index contributed by atoms with van der Waals surface area (Å²) in [6.45, 7) is 0. The van der Waals surface area contributed by atoms with Gasteiger partial charge >= 0.3 is 5.97 Å². The summed E-state index contributed by atoms with van der Waals surface area (Å²) in [4.78, 5) is 24.7. The van der Waals surface area contributed by atoms with E-state index in [1.54, 1.807) is 23.1 Å². The van der Waals surface area contributed by atoms with Gasteiger partial charge in [-0.1, -0.05) is 6.07 Å². The first-order valence-electron chi connectivity index (χ1n) is 6.77. The monoisotopic (exact) mass is 313 g/mol. The first kappa shape index (κ1) is 15.4. The Morgan fingerprint density at radius 1 is 1.35 bits per heavy atom. The highest BCUT2D eigenvalue weighted by atomic mass is 32.2. The molecule has 110 valence electrons. The molecule has 1 aliphatic rings. The topological polar surface area (TPSA) is 66.4 Å². The summed E-state index contributed by atoms with van der Waals surface area (Å²) >= 11 is 3.43. The summed E-state index contributed by atoms with van der Waals surface area (Å²) in [7, 11) is 0. The number of carbonyl (C=O) groups is 2. The van der Waals surface area contributed by atoms with Crippen molar-refractivity contribution in [2.75, 3.05) is 11.5 Å². The van der Waals surface area contributed by atoms with Gasteiger partial charge in [-0.25, -0.2) is 4.79 Å². The molecule has 1 fully saturated rings. The number of nitrogens with one attached hydrogen (secondary N) is 1. The highest BCUT2D eigenvalue weighted by Crippen LogP contribution is 2.27. The van der Waals surface area contributed by atoms with E-state index in [1.807, 2.05) is 11.4 Å². The van der Waals surface area contributed by atoms with E-state index in [2.05, 4.69) is 11.4 Å². The minimum absolute atomic E-state index is 0.143. The Labute approximate surface area is 127 Å². The SMILES string of the molecule is O=C(CCCc1cccs1)NC1(C(=O)O)CCSCC1. The Morgan fingerprint density at radius 3 is 2.70 bits per heavy atom. The minimum atomic E-state index is -1.04. The molecule has 20 heavy (non-hydrogen) atoms. The third-order valence-corrected chi connectivity index (χ3v) is 5.46. The van der Waals surface area contributed by atoms with E-state index in [0.29, 0.717) is 19.3 Å². The van der Waals surface area contributed by atoms with Crippen molar-refractivity contribution in [3.63, 3.8) is 0 Å². The van der Waals surface area contributed by atoms with Gasteiger partial charge in [0.15, 0.2) is 0 Å². The number of carbonyl (C=O) groups excluding carboxylic acids is 1. The fraction of sp³-hybridized carbons (Fsp3) is 0.571. The summed E-state index contributed by atoms with van der Waals surface area (Å²) in [5, 5.41) is 14.2. The van der Waals surface area contributed by atoms with Crippen molar-refractivity contribution in [3.8, 4) is 0 Å². The minimum Gasteiger partial charge on any atom is -0.480 e. The third-order valence-electron chi connectivity index (χ3n) is 3.54. The van der Waals surface area contributed by atoms with Crippen LogP contribution < -0.4 is 5.32 Å². The van der Waals surface area contributed by atoms with Crippen LogP contribution in [0.5, 0.6) is 0 Å². The summed E-state index contributed by atoms with van der Waals surface area (Å²) in [5.41, 5.74) is -1.04. The van der Waals surface area contributed by atoms with Crippen LogP contribution in [0, 0.1) is 0 Å². The Balaban J connectivity index is 1.81. The van der Waals surface area contributed by atoms with Gasteiger partial charge in [-0.05, 0) is 48.6 Å². The Kier molecular flexibility index (Phi) is 5.48. The predicted molar refractivity (Wildman–Crippen MR) is 82.3 cm³/mol. The van der Waals surface area contributed by atoms with Gasteiger partial charge in [0.2, 0.25) is 5.91 Å². The molecule has 0 spiro atoms. The maximum atomic E-state index is 12.0. The molecule has 0 bridgehead atoms. The van der Waals surface area contributed by atoms with Gasteiger partial charge in [0.05, 0.1) is 0 Å². The maximum absolute atomic E-state index is 12.0. The summed E-state index contributed by atoms with van der Waals surface area (Å²) in [6.07, 6.45) is 3.06. The smallest absolute Gasteiger partial charge is 0.329 e. The number of carboxylic acids is 1. The first-order valence-corrected chi connectivity index (χ1v) is 8.80. The van der Waals surface area contributed by atoms with Crippen molar-refractivity contribution >= 4 is 35.0 Å². The van der Waals surface area contributed by atoms with Crippen molar-refractivity contribution < 1.29 is 14.7 Å². The Bertz CT molecular complexity index is 453. The molecule has 2 heterocycles. The van der Waals surface area contributed by atoms with E-state index in [4.69, 9.17) is 0 Å². The van der Waals surface area contributed by atoms with E-state index in [0.717, 1.165) is 24.3 Å². The average molecular weight is 313 g/mol. The summed E-state index contributed by atoms with van der Waals surface area (Å²) in [5.74, 6) is 0.545. The number of hydrogen-bond donors (Lipinski definition) is 2. The predicted octanol–water partition coefficient (Wildman–Crippen LogP) is 2.54. The number of hydrogen-bond acceptors (Lipinski definition) is 4. The van der Waals surface area contributed by atoms with Crippen LogP contribution in [0.1, 0.15) is 30.6 Å². The van der Waals surface area contributed by atoms with E-state index >= 15 is 0 Å². The Hall–Kier alpha value is -1.01. The van der Waals surface area contributed by atoms with Gasteiger partial charge in [0, 0.05) is 11.3 Å². The zero-order valence-electron chi connectivity index (χ0n) is 11.3. The highest BCUT2D eigenvalue weighted by Gasteiger charge is 2.40. The largest absolute Gasteiger partial charge is 0.480 e. The highest BCUT2D eigenvalue weighted by molar-refractivity contribution is 7.99. The lowest BCUT2D eigenvalue weighted by Gasteiger charge is -2.33. The second-order valence-corrected chi connectivity index (χ2v) is 7.24. The number of amides is 1. The quantitative estimate of drug-likeness (QED) is 0.847. The van der Waals surface area contributed by atoms with Crippen LogP contribution in [-0.4, -0.2) is 34.0 Å². The third kappa shape index (κ3) is 3.99. The molecule has 0 radical (unpaired) electrons. The van der Waals surface area contributed by atoms with Crippen LogP contribution in [0.3, 0.4) is 0 Å². The molecule has 1 amide bonds. The molecule has 2 N–H and O–H groups in total. The molecule has 0 aliphatic carbocycles. The van der Waals surface area contributed by atoms with Gasteiger partial charge < -0.3 is 10.4 Å². The maximum Gasteiger partial charge on any atom is 0.329 e. The lowest BCUT2D eigenvalue weighted by molar-refractivity contribution is -0.148. The number of thioether (sulfide) groups is 1. The molecule has 1 saturated heterocycles. The van der Waals surface area contributed by atoms with E-state index < -0.39 is 11.5 Å². The number of rotatable bonds is 6. The summed E-state index contributed by atoms with van der Waals surface area (Å²) in [6, 6.07) is 4.05. The second-order valence-electron chi connectivity index (χ2n) is 4.98. The number of carboxylic acid groups (broad SMARTS) is 1. The molecule has 0 saturated carbocycles. The molecule has 1 aromatic rings. The zero-order chi connectivity index (χ0) is 14.4. The van der Waals surface area contributed by atoms with Crippen molar-refractivity contribution in [2.24, 2.45) is 0 Å². The molecular weight excluding hydrogens is 294 g/mol. The van der Waals surface area contributed by atoms with Crippen LogP contribution in [0.15, 0.2) is 17.5 Å². The number of thiophene rings is 1. The van der Waals surface area contributed by atoms with Gasteiger partial charge in [-0.15, -0.1) is 11.3 Å². The van der Waals surface area contributed by atoms with E-state index in [1.165, 1.54) is 4.88 Å². The van der Waals surface area contributed by atoms with Crippen LogP contribution >= 0.6 is 23.1 Å². The normalized spacial score (nSPS) is 17.6. The molecule has 6 heteroatoms. The molecule has 0 unspecified atom stereocenters. The van der Waals surface area contributed by atoms with Crippen LogP contribution in [0.25, 0.3) is 0 Å². The molecule has 0 atom stereocenters. The summed E-state index contributed by atoms with van der Waals surface area (Å²) < 4.78 is 0. The molecule has 4 nitrogen and oxygen atoms in total. The van der Waals surface area contributed by atoms with Gasteiger partial charge in [0.25, 0.3) is 0 Å². The van der Waals surface area contributed by atoms with Crippen LogP contribution in [0.4, 0.5) is 0 Å². The van der Waals surface area contributed by atoms with E-state index in [-0.39, 0.29) is 5.91 Å². The lowest BCUT2D eigenvalue weighted by Crippen LogP contribution is -2.56. The molecular formula is C14H19NO3S2. The Morgan fingerprint density at radius 2 is 2.10 bits per heavy atom. The first-order chi connectivity index (χ1) is 9.62. The number of aryl methyl sites for hydroxylation is 1. The van der Waals surface area contributed by atoms with E-state index in [9.17, 15) is 14.7 Å². The lowest BCUT2D eigenvalue weighted by atomic mass is 9.92. The fourth-order valence-electron chi connectivity index (χ4n) is 2.32. The molecule has 0 aromatic carbocycles. The van der Waals surface area contributed by atoms with Crippen molar-refractivity contribution in [2.45, 2.75) is 37.6 Å². The van der Waals surface area contributed by atoms with Gasteiger partial charge in [0.1, 0.15) is 5.54 Å². The van der Waals surface area contributed by atoms with Gasteiger partial charge in [-0.3, -0.25) is 4.79 Å². The van der Waals surface area contributed by atoms with Crippen molar-refractivity contribution in [1.82, 2.24) is 5.32 Å². The van der Waals surface area contributed by atoms with Crippen molar-refractivity contribution in [1.29, 1.82) is 0 Å². The second kappa shape index (κ2) is 7.13. The zero-order valence-corrected chi connectivity index (χ0v) is 12.9. The molecule has 2 rings (SSSR count). The standard InChI is InChI=1S/C14H19NO3S2/c16-12(5-1-3-11-4-2-8-20-11)15-14(13(17)18)6-9-19-10-7-14/h2,4,8H,1,3,5-7,9-10H2,(H,15,16)(H,17,18). The number of aliphatic carboxylic acids is 1. The molecule has 1 aromatic heterocycles. The van der Waals surface area contributed by atoms with Gasteiger partial charge in [-0.2, -0.15) is 11.8 Å². The molecule has 1 aliphatic heterocycles. The fourth-order valence-corrected chi connectivity index (χ4v) is 4.26. The van der Waals surface area contributed by atoms with Crippen LogP contribution in [0.2, 0.25) is 0 Å². The average Bonchev–Trinajstić information content (AvgIpc) is 2.93. The van der Waals surface area contributed by atoms with Crippen LogP contribution in [-0.2, 0) is 16.0 Å². The van der Waals surface area contributed by atoms with Crippen molar-refractivity contribution in [3.05, 3.63) is 22.4 Å².